The Morgan fingerprint density at radius 2 is 2.32 bits per heavy atom. The summed E-state index contributed by atoms with van der Waals surface area (Å²) in [7, 11) is 0. The first-order valence-electron chi connectivity index (χ1n) is 7.54. The Morgan fingerprint density at radius 3 is 3.05 bits per heavy atom. The van der Waals surface area contributed by atoms with Crippen LogP contribution in [-0.2, 0) is 0 Å². The minimum atomic E-state index is -0.242. The Labute approximate surface area is 128 Å². The Kier molecular flexibility index (Phi) is 3.11. The van der Waals surface area contributed by atoms with E-state index in [0.29, 0.717) is 17.4 Å². The second kappa shape index (κ2) is 5.14. The van der Waals surface area contributed by atoms with E-state index < -0.39 is 0 Å². The molecule has 0 radical (unpaired) electrons. The van der Waals surface area contributed by atoms with E-state index in [1.54, 1.807) is 18.3 Å². The van der Waals surface area contributed by atoms with Crippen molar-refractivity contribution in [3.8, 4) is 11.3 Å². The van der Waals surface area contributed by atoms with Crippen molar-refractivity contribution in [2.75, 3.05) is 25.4 Å². The number of aromatic nitrogens is 1. The summed E-state index contributed by atoms with van der Waals surface area (Å²) in [4.78, 5) is 18.7. The lowest BCUT2D eigenvalue weighted by molar-refractivity contribution is 0.0890. The highest BCUT2D eigenvalue weighted by Crippen LogP contribution is 2.28. The van der Waals surface area contributed by atoms with Gasteiger partial charge >= 0.3 is 5.91 Å². The molecule has 2 bridgehead atoms. The van der Waals surface area contributed by atoms with Gasteiger partial charge in [-0.05, 0) is 31.0 Å². The van der Waals surface area contributed by atoms with Crippen LogP contribution >= 0.6 is 0 Å². The van der Waals surface area contributed by atoms with Crippen LogP contribution in [0, 0.1) is 5.92 Å². The third-order valence-corrected chi connectivity index (χ3v) is 4.52. The molecule has 3 atom stereocenters. The number of piperidine rings is 1. The lowest BCUT2D eigenvalue weighted by atomic mass is 10.0. The van der Waals surface area contributed by atoms with E-state index in [2.05, 4.69) is 15.2 Å². The van der Waals surface area contributed by atoms with Gasteiger partial charge in [-0.2, -0.15) is 0 Å². The molecule has 3 N–H and O–H groups in total. The predicted octanol–water partition coefficient (Wildman–Crippen LogP) is 1.36. The van der Waals surface area contributed by atoms with Crippen molar-refractivity contribution in [2.24, 2.45) is 5.92 Å². The number of nitrogens with one attached hydrogen (secondary N) is 1. The number of benzene rings is 1. The maximum atomic E-state index is 12.3. The van der Waals surface area contributed by atoms with Crippen LogP contribution in [0.4, 0.5) is 5.69 Å². The summed E-state index contributed by atoms with van der Waals surface area (Å²) in [5.41, 5.74) is 7.23. The van der Waals surface area contributed by atoms with E-state index in [1.807, 2.05) is 12.1 Å². The lowest BCUT2D eigenvalue weighted by Crippen LogP contribution is -2.43. The second-order valence-electron chi connectivity index (χ2n) is 6.04. The summed E-state index contributed by atoms with van der Waals surface area (Å²) in [5.74, 6) is 0.977. The number of nitrogens with zero attached hydrogens (tertiary/aromatic N) is 2. The van der Waals surface area contributed by atoms with Crippen LogP contribution in [0.1, 0.15) is 17.1 Å². The number of nitrogens with two attached hydrogens (primary N) is 1. The zero-order valence-corrected chi connectivity index (χ0v) is 12.2. The van der Waals surface area contributed by atoms with Gasteiger partial charge in [0.25, 0.3) is 5.89 Å². The van der Waals surface area contributed by atoms with E-state index in [4.69, 9.17) is 10.2 Å². The Bertz CT molecular complexity index is 712. The highest BCUT2D eigenvalue weighted by atomic mass is 16.4. The van der Waals surface area contributed by atoms with Crippen molar-refractivity contribution in [2.45, 2.75) is 12.5 Å². The van der Waals surface area contributed by atoms with Crippen LogP contribution in [0.25, 0.3) is 11.3 Å². The molecule has 114 valence electrons. The third-order valence-electron chi connectivity index (χ3n) is 4.52. The number of hydrogen-bond acceptors (Lipinski definition) is 5. The fourth-order valence-corrected chi connectivity index (χ4v) is 3.38. The van der Waals surface area contributed by atoms with E-state index in [0.717, 1.165) is 31.6 Å². The zero-order valence-electron chi connectivity index (χ0n) is 12.2. The van der Waals surface area contributed by atoms with Crippen molar-refractivity contribution in [1.82, 2.24) is 15.2 Å². The summed E-state index contributed by atoms with van der Waals surface area (Å²) in [6.07, 6.45) is 2.72. The molecule has 1 aromatic carbocycles. The third kappa shape index (κ3) is 2.35. The van der Waals surface area contributed by atoms with Crippen LogP contribution in [0.15, 0.2) is 34.9 Å². The van der Waals surface area contributed by atoms with Gasteiger partial charge in [0.1, 0.15) is 0 Å². The average molecular weight is 298 g/mol. The molecule has 2 aliphatic rings. The summed E-state index contributed by atoms with van der Waals surface area (Å²) in [6.45, 7) is 3.17. The molecule has 6 nitrogen and oxygen atoms in total. The van der Waals surface area contributed by atoms with Gasteiger partial charge in [-0.25, -0.2) is 4.98 Å². The van der Waals surface area contributed by atoms with Gasteiger partial charge in [0.05, 0.1) is 6.20 Å². The Morgan fingerprint density at radius 1 is 1.41 bits per heavy atom. The monoisotopic (exact) mass is 298 g/mol. The first kappa shape index (κ1) is 13.3. The molecule has 1 aromatic heterocycles. The number of rotatable bonds is 3. The molecular weight excluding hydrogens is 280 g/mol. The van der Waals surface area contributed by atoms with Crippen LogP contribution in [-0.4, -0.2) is 41.5 Å². The van der Waals surface area contributed by atoms with Crippen molar-refractivity contribution in [3.63, 3.8) is 0 Å². The first-order chi connectivity index (χ1) is 10.7. The molecule has 2 aromatic rings. The van der Waals surface area contributed by atoms with Crippen LogP contribution in [0.3, 0.4) is 0 Å². The van der Waals surface area contributed by atoms with E-state index in [9.17, 15) is 4.79 Å². The molecule has 2 aliphatic heterocycles. The van der Waals surface area contributed by atoms with E-state index >= 15 is 0 Å². The number of anilines is 1. The van der Waals surface area contributed by atoms with Crippen molar-refractivity contribution < 1.29 is 9.21 Å². The molecule has 22 heavy (non-hydrogen) atoms. The molecule has 0 saturated carbocycles. The number of carbonyl (C=O) groups excluding carboxylic acids is 1. The number of hydrogen-bond donors (Lipinski definition) is 2. The molecule has 0 spiro atoms. The molecule has 4 rings (SSSR count). The van der Waals surface area contributed by atoms with Crippen LogP contribution in [0.2, 0.25) is 0 Å². The smallest absolute Gasteiger partial charge is 0.307 e. The van der Waals surface area contributed by atoms with Crippen molar-refractivity contribution in [3.05, 3.63) is 36.4 Å². The minimum absolute atomic E-state index is 0.107. The minimum Gasteiger partial charge on any atom is -0.432 e. The molecule has 2 saturated heterocycles. The summed E-state index contributed by atoms with van der Waals surface area (Å²) in [6, 6.07) is 7.53. The summed E-state index contributed by atoms with van der Waals surface area (Å²) in [5, 5.41) is 3.04. The van der Waals surface area contributed by atoms with Gasteiger partial charge in [0.2, 0.25) is 0 Å². The van der Waals surface area contributed by atoms with E-state index in [-0.39, 0.29) is 17.8 Å². The van der Waals surface area contributed by atoms with Crippen molar-refractivity contribution >= 4 is 11.6 Å². The molecular formula is C16H18N4O2. The highest BCUT2D eigenvalue weighted by Gasteiger charge is 2.39. The standard InChI is InChI=1S/C16H18N4O2/c17-12-3-1-2-10(6-12)14-7-18-16(22-14)15(21)19-13-9-20-5-4-11(13)8-20/h1-3,6-7,11,13H,4-5,8-9,17H2,(H,19,21)/t11-,13?/m0/s1. The molecule has 2 fully saturated rings. The number of nitrogen functional groups attached to an aromatic ring is 1. The molecule has 1 amide bonds. The zero-order chi connectivity index (χ0) is 15.1. The van der Waals surface area contributed by atoms with Gasteiger partial charge in [-0.3, -0.25) is 4.79 Å². The first-order valence-corrected chi connectivity index (χ1v) is 7.54. The van der Waals surface area contributed by atoms with Gasteiger partial charge in [0, 0.05) is 30.4 Å². The lowest BCUT2D eigenvalue weighted by Gasteiger charge is -2.22. The van der Waals surface area contributed by atoms with Gasteiger partial charge < -0.3 is 20.4 Å². The fourth-order valence-electron chi connectivity index (χ4n) is 3.38. The topological polar surface area (TPSA) is 84.4 Å². The normalized spacial score (nSPS) is 26.3. The molecule has 3 heterocycles. The summed E-state index contributed by atoms with van der Waals surface area (Å²) < 4.78 is 5.58. The van der Waals surface area contributed by atoms with Crippen LogP contribution < -0.4 is 11.1 Å². The SMILES string of the molecule is Nc1cccc(-c2cnc(C(=O)NC3CN4CC[C@H]3C4)o2)c1. The fraction of sp³-hybridized carbons (Fsp3) is 0.375. The predicted molar refractivity (Wildman–Crippen MR) is 82.2 cm³/mol. The quantitative estimate of drug-likeness (QED) is 0.836. The average Bonchev–Trinajstić information content (AvgIpc) is 3.23. The number of fused-ring (bicyclic) bond motifs is 2. The number of carbonyl (C=O) groups is 1. The second-order valence-corrected chi connectivity index (χ2v) is 6.04. The maximum absolute atomic E-state index is 12.3. The number of oxazole rings is 1. The molecule has 6 heteroatoms. The van der Waals surface area contributed by atoms with Crippen LogP contribution in [0.5, 0.6) is 0 Å². The summed E-state index contributed by atoms with van der Waals surface area (Å²) >= 11 is 0. The van der Waals surface area contributed by atoms with Gasteiger partial charge in [0.15, 0.2) is 5.76 Å². The number of amides is 1. The Balaban J connectivity index is 1.48. The Hall–Kier alpha value is -2.34. The highest BCUT2D eigenvalue weighted by molar-refractivity contribution is 5.90. The van der Waals surface area contributed by atoms with E-state index in [1.165, 1.54) is 0 Å². The largest absolute Gasteiger partial charge is 0.432 e. The van der Waals surface area contributed by atoms with Gasteiger partial charge in [-0.15, -0.1) is 0 Å². The van der Waals surface area contributed by atoms with Gasteiger partial charge in [-0.1, -0.05) is 12.1 Å². The molecule has 2 unspecified atom stereocenters. The molecule has 0 aliphatic carbocycles. The maximum Gasteiger partial charge on any atom is 0.307 e. The van der Waals surface area contributed by atoms with Crippen molar-refractivity contribution in [1.29, 1.82) is 0 Å².